The lowest BCUT2D eigenvalue weighted by Gasteiger charge is -2.14. The molecule has 1 atom stereocenters. The monoisotopic (exact) mass is 165 g/mol. The molecule has 0 spiro atoms. The number of nitrogens with zero attached hydrogens (tertiary/aromatic N) is 2. The average molecular weight is 165 g/mol. The van der Waals surface area contributed by atoms with E-state index in [2.05, 4.69) is 30.7 Å². The highest BCUT2D eigenvalue weighted by molar-refractivity contribution is 5.19. The number of nitrogen functional groups attached to an aromatic ring is 1. The normalized spacial score (nSPS) is 13.3. The molecular weight excluding hydrogens is 150 g/mol. The molecule has 3 heteroatoms. The second-order valence-corrected chi connectivity index (χ2v) is 3.41. The summed E-state index contributed by atoms with van der Waals surface area (Å²) < 4.78 is 0. The predicted octanol–water partition coefficient (Wildman–Crippen LogP) is 1.82. The fraction of sp³-hybridized carbons (Fsp3) is 0.556. The van der Waals surface area contributed by atoms with E-state index in [9.17, 15) is 0 Å². The van der Waals surface area contributed by atoms with Gasteiger partial charge in [0.25, 0.3) is 0 Å². The van der Waals surface area contributed by atoms with Crippen LogP contribution >= 0.6 is 0 Å². The molecule has 0 amide bonds. The summed E-state index contributed by atoms with van der Waals surface area (Å²) >= 11 is 0. The van der Waals surface area contributed by atoms with Crippen LogP contribution in [0.1, 0.15) is 32.3 Å². The Bertz CT molecular complexity index is 240. The van der Waals surface area contributed by atoms with Crippen molar-refractivity contribution in [3.05, 3.63) is 18.0 Å². The predicted molar refractivity (Wildman–Crippen MR) is 49.7 cm³/mol. The van der Waals surface area contributed by atoms with Gasteiger partial charge in [-0.25, -0.2) is 9.97 Å². The molecular formula is C9H15N3. The van der Waals surface area contributed by atoms with Crippen molar-refractivity contribution in [3.63, 3.8) is 0 Å². The van der Waals surface area contributed by atoms with Crippen molar-refractivity contribution in [2.45, 2.75) is 26.7 Å². The van der Waals surface area contributed by atoms with E-state index in [1.807, 2.05) is 0 Å². The smallest absolute Gasteiger partial charge is 0.219 e. The summed E-state index contributed by atoms with van der Waals surface area (Å²) in [6.45, 7) is 6.53. The summed E-state index contributed by atoms with van der Waals surface area (Å²) in [5, 5.41) is 0. The van der Waals surface area contributed by atoms with Crippen molar-refractivity contribution < 1.29 is 0 Å². The maximum Gasteiger partial charge on any atom is 0.219 e. The van der Waals surface area contributed by atoms with Crippen molar-refractivity contribution in [1.82, 2.24) is 9.97 Å². The van der Waals surface area contributed by atoms with Crippen LogP contribution in [-0.4, -0.2) is 9.97 Å². The molecule has 1 aromatic rings. The summed E-state index contributed by atoms with van der Waals surface area (Å²) in [7, 11) is 0. The van der Waals surface area contributed by atoms with Gasteiger partial charge in [-0.3, -0.25) is 0 Å². The Labute approximate surface area is 73.0 Å². The molecule has 0 aliphatic rings. The Morgan fingerprint density at radius 3 is 2.08 bits per heavy atom. The zero-order valence-corrected chi connectivity index (χ0v) is 7.78. The molecule has 1 heterocycles. The minimum atomic E-state index is 0.342. The highest BCUT2D eigenvalue weighted by Crippen LogP contribution is 2.21. The van der Waals surface area contributed by atoms with E-state index in [0.717, 1.165) is 5.56 Å². The SMILES string of the molecule is CC(C)C(C)c1cnc(N)nc1. The topological polar surface area (TPSA) is 51.8 Å². The van der Waals surface area contributed by atoms with Crippen molar-refractivity contribution in [2.24, 2.45) is 5.92 Å². The fourth-order valence-corrected chi connectivity index (χ4v) is 0.968. The molecule has 0 radical (unpaired) electrons. The van der Waals surface area contributed by atoms with Gasteiger partial charge in [-0.05, 0) is 17.4 Å². The number of nitrogens with two attached hydrogens (primary N) is 1. The molecule has 0 aliphatic heterocycles. The van der Waals surface area contributed by atoms with Crippen LogP contribution < -0.4 is 5.73 Å². The number of aromatic nitrogens is 2. The molecule has 0 bridgehead atoms. The summed E-state index contributed by atoms with van der Waals surface area (Å²) in [5.41, 5.74) is 6.53. The zero-order chi connectivity index (χ0) is 9.14. The highest BCUT2D eigenvalue weighted by atomic mass is 15.0. The minimum absolute atomic E-state index is 0.342. The van der Waals surface area contributed by atoms with E-state index in [0.29, 0.717) is 17.8 Å². The van der Waals surface area contributed by atoms with E-state index in [1.165, 1.54) is 0 Å². The molecule has 0 aliphatic carbocycles. The molecule has 1 rings (SSSR count). The van der Waals surface area contributed by atoms with Crippen LogP contribution in [0, 0.1) is 5.92 Å². The lowest BCUT2D eigenvalue weighted by atomic mass is 9.92. The summed E-state index contributed by atoms with van der Waals surface area (Å²) in [4.78, 5) is 7.90. The van der Waals surface area contributed by atoms with Crippen LogP contribution in [-0.2, 0) is 0 Å². The van der Waals surface area contributed by atoms with E-state index in [-0.39, 0.29) is 0 Å². The van der Waals surface area contributed by atoms with Crippen LogP contribution in [0.5, 0.6) is 0 Å². The van der Waals surface area contributed by atoms with E-state index < -0.39 is 0 Å². The van der Waals surface area contributed by atoms with Crippen molar-refractivity contribution in [2.75, 3.05) is 5.73 Å². The zero-order valence-electron chi connectivity index (χ0n) is 7.78. The number of rotatable bonds is 2. The van der Waals surface area contributed by atoms with Gasteiger partial charge in [-0.15, -0.1) is 0 Å². The maximum absolute atomic E-state index is 5.38. The lowest BCUT2D eigenvalue weighted by molar-refractivity contribution is 0.532. The van der Waals surface area contributed by atoms with E-state index in [4.69, 9.17) is 5.73 Å². The number of hydrogen-bond donors (Lipinski definition) is 1. The Morgan fingerprint density at radius 1 is 1.17 bits per heavy atom. The van der Waals surface area contributed by atoms with Gasteiger partial charge < -0.3 is 5.73 Å². The van der Waals surface area contributed by atoms with E-state index >= 15 is 0 Å². The van der Waals surface area contributed by atoms with Crippen LogP contribution in [0.4, 0.5) is 5.95 Å². The quantitative estimate of drug-likeness (QED) is 0.727. The van der Waals surface area contributed by atoms with Crippen molar-refractivity contribution >= 4 is 5.95 Å². The van der Waals surface area contributed by atoms with Crippen molar-refractivity contribution in [3.8, 4) is 0 Å². The highest BCUT2D eigenvalue weighted by Gasteiger charge is 2.09. The molecule has 2 N–H and O–H groups in total. The van der Waals surface area contributed by atoms with Crippen LogP contribution in [0.3, 0.4) is 0 Å². The van der Waals surface area contributed by atoms with Gasteiger partial charge >= 0.3 is 0 Å². The largest absolute Gasteiger partial charge is 0.368 e. The molecule has 1 aromatic heterocycles. The summed E-state index contributed by atoms with van der Waals surface area (Å²) in [5.74, 6) is 1.44. The van der Waals surface area contributed by atoms with Crippen molar-refractivity contribution in [1.29, 1.82) is 0 Å². The van der Waals surface area contributed by atoms with Gasteiger partial charge in [0.1, 0.15) is 0 Å². The molecule has 0 aromatic carbocycles. The van der Waals surface area contributed by atoms with Gasteiger partial charge in [0, 0.05) is 12.4 Å². The standard InChI is InChI=1S/C9H15N3/c1-6(2)7(3)8-4-11-9(10)12-5-8/h4-7H,1-3H3,(H2,10,11,12). The molecule has 1 unspecified atom stereocenters. The Kier molecular flexibility index (Phi) is 2.63. The Hall–Kier alpha value is -1.12. The molecule has 0 fully saturated rings. The van der Waals surface area contributed by atoms with Crippen LogP contribution in [0.25, 0.3) is 0 Å². The first-order valence-electron chi connectivity index (χ1n) is 4.18. The first kappa shape index (κ1) is 8.97. The number of hydrogen-bond acceptors (Lipinski definition) is 3. The maximum atomic E-state index is 5.38. The third kappa shape index (κ3) is 1.94. The molecule has 0 saturated carbocycles. The summed E-state index contributed by atoms with van der Waals surface area (Å²) in [6.07, 6.45) is 3.60. The Morgan fingerprint density at radius 2 is 1.67 bits per heavy atom. The van der Waals surface area contributed by atoms with Gasteiger partial charge in [0.15, 0.2) is 0 Å². The first-order valence-corrected chi connectivity index (χ1v) is 4.18. The fourth-order valence-electron chi connectivity index (χ4n) is 0.968. The molecule has 66 valence electrons. The molecule has 0 saturated heterocycles. The van der Waals surface area contributed by atoms with Gasteiger partial charge in [-0.1, -0.05) is 20.8 Å². The number of anilines is 1. The Balaban J connectivity index is 2.82. The first-order chi connectivity index (χ1) is 5.61. The summed E-state index contributed by atoms with van der Waals surface area (Å²) in [6, 6.07) is 0. The van der Waals surface area contributed by atoms with Crippen LogP contribution in [0.2, 0.25) is 0 Å². The average Bonchev–Trinajstić information content (AvgIpc) is 2.04. The van der Waals surface area contributed by atoms with E-state index in [1.54, 1.807) is 12.4 Å². The van der Waals surface area contributed by atoms with Gasteiger partial charge in [-0.2, -0.15) is 0 Å². The molecule has 12 heavy (non-hydrogen) atoms. The second-order valence-electron chi connectivity index (χ2n) is 3.41. The second kappa shape index (κ2) is 3.52. The minimum Gasteiger partial charge on any atom is -0.368 e. The van der Waals surface area contributed by atoms with Gasteiger partial charge in [0.05, 0.1) is 0 Å². The van der Waals surface area contributed by atoms with Gasteiger partial charge in [0.2, 0.25) is 5.95 Å². The van der Waals surface area contributed by atoms with Crippen LogP contribution in [0.15, 0.2) is 12.4 Å². The lowest BCUT2D eigenvalue weighted by Crippen LogP contribution is -2.04. The third-order valence-corrected chi connectivity index (χ3v) is 2.22. The molecule has 3 nitrogen and oxygen atoms in total. The third-order valence-electron chi connectivity index (χ3n) is 2.22.